The fourth-order valence-electron chi connectivity index (χ4n) is 11.2. The molecule has 506 valence electrons. The number of carbonyl (C=O) groups excluding carboxylic acids is 13. The third kappa shape index (κ3) is 21.6. The lowest BCUT2D eigenvalue weighted by atomic mass is 9.91. The van der Waals surface area contributed by atoms with Crippen LogP contribution in [0.25, 0.3) is 0 Å². The van der Waals surface area contributed by atoms with Gasteiger partial charge in [-0.15, -0.1) is 0 Å². The largest absolute Gasteiger partial charge is 0.459 e. The molecular formula is C64H111N11O14. The molecule has 0 spiro atoms. The molecule has 1 heterocycles. The van der Waals surface area contributed by atoms with E-state index in [1.807, 2.05) is 41.5 Å². The number of hydrogen-bond donors (Lipinski definition) is 4. The van der Waals surface area contributed by atoms with Gasteiger partial charge in [-0.3, -0.25) is 57.5 Å². The Bertz CT molecular complexity index is 2520. The summed E-state index contributed by atoms with van der Waals surface area (Å²) in [7, 11) is 9.57. The zero-order chi connectivity index (χ0) is 69.1. The molecule has 0 bridgehead atoms. The molecule has 0 aromatic heterocycles. The molecule has 0 unspecified atom stereocenters. The molecule has 89 heavy (non-hydrogen) atoms. The summed E-state index contributed by atoms with van der Waals surface area (Å²) < 4.78 is 5.92. The maximum Gasteiger partial charge on any atom is 0.303 e. The molecular weight excluding hydrogens is 1150 g/mol. The number of esters is 1. The second-order valence-corrected chi connectivity index (χ2v) is 26.3. The Morgan fingerprint density at radius 1 is 0.483 bits per heavy atom. The predicted molar refractivity (Wildman–Crippen MR) is 338 cm³/mol. The van der Waals surface area contributed by atoms with Crippen LogP contribution in [0.2, 0.25) is 0 Å². The summed E-state index contributed by atoms with van der Waals surface area (Å²) in [6.45, 7) is 29.7. The smallest absolute Gasteiger partial charge is 0.303 e. The van der Waals surface area contributed by atoms with Gasteiger partial charge in [0.1, 0.15) is 78.9 Å². The lowest BCUT2D eigenvalue weighted by Gasteiger charge is -2.42. The first-order chi connectivity index (χ1) is 41.1. The lowest BCUT2D eigenvalue weighted by molar-refractivity contribution is -0.164. The van der Waals surface area contributed by atoms with Gasteiger partial charge in [0.15, 0.2) is 0 Å². The average molecular weight is 1260 g/mol. The Morgan fingerprint density at radius 2 is 0.921 bits per heavy atom. The number of carbonyl (C=O) groups is 13. The van der Waals surface area contributed by atoms with Gasteiger partial charge in [-0.2, -0.15) is 0 Å². The van der Waals surface area contributed by atoms with Crippen molar-refractivity contribution in [2.45, 2.75) is 229 Å². The van der Waals surface area contributed by atoms with Crippen molar-refractivity contribution in [1.82, 2.24) is 55.6 Å². The van der Waals surface area contributed by atoms with E-state index in [9.17, 15) is 43.2 Å². The van der Waals surface area contributed by atoms with Crippen LogP contribution in [0, 0.1) is 41.4 Å². The summed E-state index contributed by atoms with van der Waals surface area (Å²) in [5, 5.41) is 10.8. The monoisotopic (exact) mass is 1260 g/mol. The van der Waals surface area contributed by atoms with Crippen LogP contribution in [0.4, 0.5) is 0 Å². The topological polar surface area (TPSA) is 302 Å². The second kappa shape index (κ2) is 36.0. The number of amides is 11. The van der Waals surface area contributed by atoms with Gasteiger partial charge >= 0.3 is 5.97 Å². The third-order valence-corrected chi connectivity index (χ3v) is 16.8. The SMILES string of the molecule is C/C=C/C[C@@H](C)[C@@H](OC(C)=O)[C@H]1C(=O)N[C@@H](CC)C(=O)N(C)[C@H](C)C(=O)N(C)[C@@H]([C@H](C)C=O)C(=O)N[C@@H](C(C)C)C(=O)N(C)[C@@H](CC(C)C)C(=O)N[C@@H](C)C(=O)N[C@H](C)C(=O)N(C)[C@@H](CC(C)C)C(=O)N(C)[C@@H](CC(C)C)C(=O)N(C)[C@@H](C(C)C)C(=O)N1C. The first kappa shape index (κ1) is 80.1. The van der Waals surface area contributed by atoms with Crippen molar-refractivity contribution in [3.05, 3.63) is 12.2 Å². The molecule has 0 aromatic rings. The summed E-state index contributed by atoms with van der Waals surface area (Å²) in [5.74, 6) is -12.7. The van der Waals surface area contributed by atoms with Gasteiger partial charge in [0.05, 0.1) is 0 Å². The van der Waals surface area contributed by atoms with Crippen molar-refractivity contribution >= 4 is 77.2 Å². The summed E-state index contributed by atoms with van der Waals surface area (Å²) >= 11 is 0. The van der Waals surface area contributed by atoms with Crippen molar-refractivity contribution in [2.24, 2.45) is 41.4 Å². The molecule has 1 aliphatic rings. The first-order valence-corrected chi connectivity index (χ1v) is 31.4. The highest BCUT2D eigenvalue weighted by atomic mass is 16.5. The van der Waals surface area contributed by atoms with Crippen LogP contribution < -0.4 is 21.3 Å². The molecule has 1 aliphatic heterocycles. The van der Waals surface area contributed by atoms with E-state index in [2.05, 4.69) is 21.3 Å². The molecule has 1 saturated heterocycles. The zero-order valence-electron chi connectivity index (χ0n) is 58.1. The molecule has 0 aliphatic carbocycles. The quantitative estimate of drug-likeness (QED) is 0.0982. The highest BCUT2D eigenvalue weighted by molar-refractivity contribution is 6.00. The highest BCUT2D eigenvalue weighted by Gasteiger charge is 2.47. The van der Waals surface area contributed by atoms with Gasteiger partial charge in [-0.05, 0) is 95.3 Å². The molecule has 25 nitrogen and oxygen atoms in total. The summed E-state index contributed by atoms with van der Waals surface area (Å²) in [6, 6.07) is -14.7. The van der Waals surface area contributed by atoms with Crippen LogP contribution in [-0.2, 0) is 67.1 Å². The van der Waals surface area contributed by atoms with Crippen LogP contribution in [0.1, 0.15) is 157 Å². The third-order valence-electron chi connectivity index (χ3n) is 16.8. The van der Waals surface area contributed by atoms with Crippen LogP contribution >= 0.6 is 0 Å². The maximum atomic E-state index is 15.4. The zero-order valence-corrected chi connectivity index (χ0v) is 58.1. The van der Waals surface area contributed by atoms with Gasteiger partial charge in [-0.25, -0.2) is 0 Å². The number of aldehydes is 1. The minimum atomic E-state index is -1.65. The molecule has 1 fully saturated rings. The van der Waals surface area contributed by atoms with E-state index in [-0.39, 0.29) is 49.9 Å². The number of rotatable bonds is 16. The van der Waals surface area contributed by atoms with E-state index >= 15 is 19.2 Å². The molecule has 25 heteroatoms. The standard InChI is InChI=1S/C64H111N11O14/c1-26-28-29-39(13)53(89-44(18)77)52-57(81)67-45(27-2)60(84)69(19)43(17)59(83)74(24)51(40(14)33-76)56(80)68-49(37(9)10)63(87)70(20)46(30-34(3)4)55(79)65-41(15)54(78)66-42(16)58(82)71(21)47(31-35(5)6)61(85)72(22)48(32-36(7)8)62(86)73(23)50(38(11)12)64(88)75(52)25/h26,28,33-43,45-53H,27,29-32H2,1-25H3,(H,65,79)(H,66,78)(H,67,81)(H,68,80)/b28-26+/t39-,40-,41+,42-,43-,45+,46+,47+,48+,49+,50+,51+,52+,53-/m1/s1. The molecule has 0 radical (unpaired) electrons. The van der Waals surface area contributed by atoms with Crippen LogP contribution in [0.5, 0.6) is 0 Å². The molecule has 0 aromatic carbocycles. The molecule has 4 N–H and O–H groups in total. The average Bonchev–Trinajstić information content (AvgIpc) is 0.924. The highest BCUT2D eigenvalue weighted by Crippen LogP contribution is 2.27. The normalized spacial score (nSPS) is 27.2. The Balaban J connectivity index is 4.50. The number of likely N-dealkylation sites (N-methyl/N-ethyl adjacent to an activating group) is 7. The summed E-state index contributed by atoms with van der Waals surface area (Å²) in [5.41, 5.74) is 0. The Morgan fingerprint density at radius 3 is 1.37 bits per heavy atom. The van der Waals surface area contributed by atoms with Gasteiger partial charge < -0.3 is 65.1 Å². The fourth-order valence-corrected chi connectivity index (χ4v) is 11.2. The molecule has 0 saturated carbocycles. The number of nitrogens with one attached hydrogen (secondary N) is 4. The van der Waals surface area contributed by atoms with E-state index < -0.39 is 167 Å². The van der Waals surface area contributed by atoms with Gasteiger partial charge in [0, 0.05) is 62.2 Å². The molecule has 14 atom stereocenters. The van der Waals surface area contributed by atoms with E-state index in [0.717, 1.165) is 26.5 Å². The number of hydrogen-bond acceptors (Lipinski definition) is 14. The minimum absolute atomic E-state index is 0.0568. The van der Waals surface area contributed by atoms with Crippen LogP contribution in [-0.4, -0.2) is 233 Å². The Kier molecular flexibility index (Phi) is 32.4. The Labute approximate surface area is 530 Å². The van der Waals surface area contributed by atoms with Gasteiger partial charge in [0.2, 0.25) is 65.0 Å². The Hall–Kier alpha value is -6.95. The van der Waals surface area contributed by atoms with Crippen LogP contribution in [0.15, 0.2) is 12.2 Å². The van der Waals surface area contributed by atoms with E-state index in [4.69, 9.17) is 4.74 Å². The van der Waals surface area contributed by atoms with Crippen molar-refractivity contribution in [3.8, 4) is 0 Å². The van der Waals surface area contributed by atoms with E-state index in [1.165, 1.54) is 91.7 Å². The van der Waals surface area contributed by atoms with Crippen molar-refractivity contribution in [1.29, 1.82) is 0 Å². The van der Waals surface area contributed by atoms with Crippen molar-refractivity contribution < 1.29 is 67.1 Å². The fraction of sp³-hybridized carbons (Fsp3) is 0.766. The van der Waals surface area contributed by atoms with Crippen LogP contribution in [0.3, 0.4) is 0 Å². The van der Waals surface area contributed by atoms with E-state index in [0.29, 0.717) is 6.29 Å². The number of allylic oxidation sites excluding steroid dienone is 2. The van der Waals surface area contributed by atoms with Gasteiger partial charge in [0.25, 0.3) is 0 Å². The molecule has 1 rings (SSSR count). The minimum Gasteiger partial charge on any atom is -0.459 e. The lowest BCUT2D eigenvalue weighted by Crippen LogP contribution is -2.64. The predicted octanol–water partition coefficient (Wildman–Crippen LogP) is 3.02. The van der Waals surface area contributed by atoms with Crippen molar-refractivity contribution in [3.63, 3.8) is 0 Å². The molecule has 11 amide bonds. The van der Waals surface area contributed by atoms with Crippen molar-refractivity contribution in [2.75, 3.05) is 49.3 Å². The number of ether oxygens (including phenoxy) is 1. The first-order valence-electron chi connectivity index (χ1n) is 31.4. The summed E-state index contributed by atoms with van der Waals surface area (Å²) in [6.07, 6.45) is 3.24. The maximum absolute atomic E-state index is 15.4. The number of nitrogens with zero attached hydrogens (tertiary/aromatic N) is 7. The van der Waals surface area contributed by atoms with E-state index in [1.54, 1.807) is 60.6 Å². The second-order valence-electron chi connectivity index (χ2n) is 26.3. The van der Waals surface area contributed by atoms with Gasteiger partial charge in [-0.1, -0.05) is 102 Å². The summed E-state index contributed by atoms with van der Waals surface area (Å²) in [4.78, 5) is 195.